The number of nitrogens with one attached hydrogen (secondary N) is 1. The molecule has 0 aliphatic rings. The Balaban J connectivity index is 1.45. The van der Waals surface area contributed by atoms with Crippen molar-refractivity contribution in [2.75, 3.05) is 6.54 Å². The van der Waals surface area contributed by atoms with E-state index >= 15 is 0 Å². The van der Waals surface area contributed by atoms with Crippen molar-refractivity contribution in [3.05, 3.63) is 100 Å². The first-order valence-electron chi connectivity index (χ1n) is 11.2. The van der Waals surface area contributed by atoms with Gasteiger partial charge in [-0.1, -0.05) is 47.6 Å². The van der Waals surface area contributed by atoms with Crippen LogP contribution in [0.1, 0.15) is 11.1 Å². The Morgan fingerprint density at radius 3 is 2.38 bits per heavy atom. The number of carbonyl (C=O) groups is 1. The standard InChI is InChI=1S/C24H22N8O4S/c25-30-26-15-14-17-6-10-20(11-7-17)32-28-23(27-31-32)19-8-12-21(13-9-19)37(35,36)29-22(24(33)34)16-18-4-2-1-3-5-18/h1-13,22,29H,14-16H2,(H,33,34). The number of tetrazole rings is 1. The lowest BCUT2D eigenvalue weighted by Crippen LogP contribution is -2.42. The van der Waals surface area contributed by atoms with E-state index in [4.69, 9.17) is 5.53 Å². The molecular weight excluding hydrogens is 496 g/mol. The molecule has 0 fully saturated rings. The number of azide groups is 1. The number of nitrogens with zero attached hydrogens (tertiary/aromatic N) is 7. The molecule has 0 bridgehead atoms. The molecule has 4 aromatic rings. The zero-order valence-corrected chi connectivity index (χ0v) is 20.2. The monoisotopic (exact) mass is 518 g/mol. The molecule has 0 radical (unpaired) electrons. The molecule has 1 unspecified atom stereocenters. The summed E-state index contributed by atoms with van der Waals surface area (Å²) < 4.78 is 27.9. The van der Waals surface area contributed by atoms with Crippen LogP contribution >= 0.6 is 0 Å². The van der Waals surface area contributed by atoms with Crippen molar-refractivity contribution >= 4 is 16.0 Å². The van der Waals surface area contributed by atoms with Crippen molar-refractivity contribution in [2.45, 2.75) is 23.8 Å². The number of aliphatic carboxylic acids is 1. The predicted molar refractivity (Wildman–Crippen MR) is 134 cm³/mol. The summed E-state index contributed by atoms with van der Waals surface area (Å²) in [6.07, 6.45) is 0.624. The lowest BCUT2D eigenvalue weighted by atomic mass is 10.1. The third kappa shape index (κ3) is 6.55. The van der Waals surface area contributed by atoms with E-state index in [1.54, 1.807) is 30.3 Å². The Bertz CT molecular complexity index is 1520. The maximum atomic E-state index is 12.8. The van der Waals surface area contributed by atoms with E-state index in [0.29, 0.717) is 29.8 Å². The van der Waals surface area contributed by atoms with Crippen LogP contribution in [0.5, 0.6) is 0 Å². The van der Waals surface area contributed by atoms with Gasteiger partial charge in [-0.05, 0) is 71.1 Å². The second-order valence-electron chi connectivity index (χ2n) is 8.00. The number of sulfonamides is 1. The fourth-order valence-electron chi connectivity index (χ4n) is 3.53. The molecule has 0 amide bonds. The predicted octanol–water partition coefficient (Wildman–Crippen LogP) is 3.16. The van der Waals surface area contributed by atoms with Gasteiger partial charge in [-0.15, -0.1) is 15.0 Å². The highest BCUT2D eigenvalue weighted by molar-refractivity contribution is 7.89. The highest BCUT2D eigenvalue weighted by Crippen LogP contribution is 2.19. The Kier molecular flexibility index (Phi) is 7.89. The summed E-state index contributed by atoms with van der Waals surface area (Å²) in [6, 6.07) is 20.6. The van der Waals surface area contributed by atoms with Crippen LogP contribution in [0.15, 0.2) is 88.9 Å². The molecule has 3 aromatic carbocycles. The highest BCUT2D eigenvalue weighted by Gasteiger charge is 2.26. The van der Waals surface area contributed by atoms with Gasteiger partial charge in [-0.3, -0.25) is 4.79 Å². The second kappa shape index (κ2) is 11.4. The lowest BCUT2D eigenvalue weighted by molar-refractivity contribution is -0.138. The van der Waals surface area contributed by atoms with Crippen molar-refractivity contribution in [1.82, 2.24) is 24.9 Å². The third-order valence-electron chi connectivity index (χ3n) is 5.45. The summed E-state index contributed by atoms with van der Waals surface area (Å²) in [4.78, 5) is 15.7. The molecule has 188 valence electrons. The van der Waals surface area contributed by atoms with Crippen molar-refractivity contribution in [2.24, 2.45) is 5.11 Å². The summed E-state index contributed by atoms with van der Waals surface area (Å²) >= 11 is 0. The molecule has 0 saturated heterocycles. The lowest BCUT2D eigenvalue weighted by Gasteiger charge is -2.15. The molecule has 4 rings (SSSR count). The average molecular weight is 519 g/mol. The molecule has 1 aromatic heterocycles. The molecular formula is C24H22N8O4S. The Morgan fingerprint density at radius 1 is 1.03 bits per heavy atom. The molecule has 0 aliphatic carbocycles. The second-order valence-corrected chi connectivity index (χ2v) is 9.71. The van der Waals surface area contributed by atoms with Gasteiger partial charge in [-0.2, -0.15) is 4.72 Å². The summed E-state index contributed by atoms with van der Waals surface area (Å²) in [7, 11) is -4.09. The molecule has 0 aliphatic heterocycles. The SMILES string of the molecule is [N-]=[N+]=NCCc1ccc(-n2nnc(-c3ccc(S(=O)(=O)NC(Cc4ccccc4)C(=O)O)cc3)n2)cc1. The van der Waals surface area contributed by atoms with Gasteiger partial charge in [0.2, 0.25) is 15.8 Å². The number of carboxylic acid groups (broad SMARTS) is 1. The van der Waals surface area contributed by atoms with Crippen LogP contribution in [0, 0.1) is 0 Å². The smallest absolute Gasteiger partial charge is 0.322 e. The van der Waals surface area contributed by atoms with Crippen molar-refractivity contribution < 1.29 is 18.3 Å². The molecule has 1 atom stereocenters. The van der Waals surface area contributed by atoms with E-state index in [1.165, 1.54) is 29.1 Å². The van der Waals surface area contributed by atoms with Crippen LogP contribution in [-0.2, 0) is 27.7 Å². The third-order valence-corrected chi connectivity index (χ3v) is 6.93. The van der Waals surface area contributed by atoms with E-state index in [9.17, 15) is 18.3 Å². The molecule has 0 saturated carbocycles. The molecule has 0 spiro atoms. The minimum atomic E-state index is -4.09. The maximum Gasteiger partial charge on any atom is 0.322 e. The van der Waals surface area contributed by atoms with Gasteiger partial charge >= 0.3 is 5.97 Å². The topological polar surface area (TPSA) is 176 Å². The number of carboxylic acids is 1. The number of hydrogen-bond acceptors (Lipinski definition) is 7. The van der Waals surface area contributed by atoms with Gasteiger partial charge in [0, 0.05) is 17.0 Å². The quantitative estimate of drug-likeness (QED) is 0.174. The highest BCUT2D eigenvalue weighted by atomic mass is 32.2. The summed E-state index contributed by atoms with van der Waals surface area (Å²) in [6.45, 7) is 0.368. The minimum Gasteiger partial charge on any atom is -0.480 e. The van der Waals surface area contributed by atoms with Gasteiger partial charge in [0.1, 0.15) is 6.04 Å². The summed E-state index contributed by atoms with van der Waals surface area (Å²) in [5, 5.41) is 25.5. The first-order valence-corrected chi connectivity index (χ1v) is 12.6. The van der Waals surface area contributed by atoms with Crippen molar-refractivity contribution in [3.8, 4) is 17.1 Å². The van der Waals surface area contributed by atoms with Gasteiger partial charge in [0.15, 0.2) is 0 Å². The molecule has 1 heterocycles. The zero-order valence-electron chi connectivity index (χ0n) is 19.4. The van der Waals surface area contributed by atoms with Crippen LogP contribution in [0.4, 0.5) is 0 Å². The van der Waals surface area contributed by atoms with Gasteiger partial charge < -0.3 is 5.11 Å². The molecule has 37 heavy (non-hydrogen) atoms. The summed E-state index contributed by atoms with van der Waals surface area (Å²) in [5.41, 5.74) is 11.3. The number of rotatable bonds is 11. The van der Waals surface area contributed by atoms with Crippen molar-refractivity contribution in [1.29, 1.82) is 0 Å². The minimum absolute atomic E-state index is 0.00922. The van der Waals surface area contributed by atoms with E-state index in [-0.39, 0.29) is 17.1 Å². The molecule has 2 N–H and O–H groups in total. The maximum absolute atomic E-state index is 12.8. The van der Waals surface area contributed by atoms with Crippen LogP contribution in [0.2, 0.25) is 0 Å². The fraction of sp³-hybridized carbons (Fsp3) is 0.167. The molecule has 13 heteroatoms. The van der Waals surface area contributed by atoms with Crippen LogP contribution < -0.4 is 4.72 Å². The Morgan fingerprint density at radius 2 is 1.73 bits per heavy atom. The summed E-state index contributed by atoms with van der Waals surface area (Å²) in [5.74, 6) is -0.981. The number of benzene rings is 3. The number of hydrogen-bond donors (Lipinski definition) is 2. The van der Waals surface area contributed by atoms with E-state index < -0.39 is 22.0 Å². The van der Waals surface area contributed by atoms with E-state index in [1.807, 2.05) is 24.3 Å². The average Bonchev–Trinajstić information content (AvgIpc) is 3.40. The Hall–Kier alpha value is -4.58. The first kappa shape index (κ1) is 25.5. The van der Waals surface area contributed by atoms with E-state index in [0.717, 1.165) is 5.56 Å². The first-order chi connectivity index (χ1) is 17.9. The van der Waals surface area contributed by atoms with Crippen molar-refractivity contribution in [3.63, 3.8) is 0 Å². The number of aromatic nitrogens is 4. The van der Waals surface area contributed by atoms with Gasteiger partial charge in [0.05, 0.1) is 10.6 Å². The van der Waals surface area contributed by atoms with Gasteiger partial charge in [0.25, 0.3) is 0 Å². The van der Waals surface area contributed by atoms with Crippen LogP contribution in [-0.4, -0.2) is 52.3 Å². The largest absolute Gasteiger partial charge is 0.480 e. The van der Waals surface area contributed by atoms with Gasteiger partial charge in [-0.25, -0.2) is 8.42 Å². The fourth-order valence-corrected chi connectivity index (χ4v) is 4.72. The Labute approximate surface area is 212 Å². The van der Waals surface area contributed by atoms with E-state index in [2.05, 4.69) is 30.2 Å². The van der Waals surface area contributed by atoms with Crippen LogP contribution in [0.3, 0.4) is 0 Å². The zero-order chi connectivity index (χ0) is 26.3. The normalized spacial score (nSPS) is 12.0. The molecule has 12 nitrogen and oxygen atoms in total. The van der Waals surface area contributed by atoms with Crippen LogP contribution in [0.25, 0.3) is 27.5 Å².